The van der Waals surface area contributed by atoms with Crippen molar-refractivity contribution < 1.29 is 14.3 Å². The van der Waals surface area contributed by atoms with E-state index in [1.54, 1.807) is 17.0 Å². The van der Waals surface area contributed by atoms with Crippen molar-refractivity contribution in [3.05, 3.63) is 34.9 Å². The maximum absolute atomic E-state index is 12.3. The maximum Gasteiger partial charge on any atom is 0.310 e. The number of carbonyl (C=O) groups excluding carboxylic acids is 2. The zero-order valence-electron chi connectivity index (χ0n) is 11.5. The Kier molecular flexibility index (Phi) is 5.01. The molecule has 1 aliphatic heterocycles. The van der Waals surface area contributed by atoms with Gasteiger partial charge in [-0.1, -0.05) is 23.7 Å². The molecule has 0 spiro atoms. The molecule has 1 saturated heterocycles. The van der Waals surface area contributed by atoms with Gasteiger partial charge in [-0.15, -0.1) is 0 Å². The van der Waals surface area contributed by atoms with Gasteiger partial charge in [-0.3, -0.25) is 9.59 Å². The van der Waals surface area contributed by atoms with E-state index in [4.69, 9.17) is 16.3 Å². The van der Waals surface area contributed by atoms with Crippen molar-refractivity contribution in [2.75, 3.05) is 20.2 Å². The zero-order chi connectivity index (χ0) is 14.5. The minimum Gasteiger partial charge on any atom is -0.469 e. The Morgan fingerprint density at radius 3 is 2.95 bits per heavy atom. The number of likely N-dealkylation sites (tertiary alicyclic amines) is 1. The van der Waals surface area contributed by atoms with E-state index in [1.807, 2.05) is 12.1 Å². The molecule has 1 aromatic carbocycles. The lowest BCUT2D eigenvalue weighted by molar-refractivity contribution is -0.148. The fourth-order valence-electron chi connectivity index (χ4n) is 2.50. The number of benzene rings is 1. The van der Waals surface area contributed by atoms with Gasteiger partial charge in [0.1, 0.15) is 0 Å². The first kappa shape index (κ1) is 14.9. The molecule has 1 heterocycles. The van der Waals surface area contributed by atoms with Crippen LogP contribution in [0.2, 0.25) is 5.02 Å². The average molecular weight is 296 g/mol. The molecule has 4 nitrogen and oxygen atoms in total. The molecule has 1 amide bonds. The molecule has 0 N–H and O–H groups in total. The largest absolute Gasteiger partial charge is 0.469 e. The van der Waals surface area contributed by atoms with Crippen LogP contribution >= 0.6 is 11.6 Å². The van der Waals surface area contributed by atoms with Gasteiger partial charge < -0.3 is 9.64 Å². The highest BCUT2D eigenvalue weighted by Crippen LogP contribution is 2.19. The van der Waals surface area contributed by atoms with Gasteiger partial charge in [0, 0.05) is 18.1 Å². The lowest BCUT2D eigenvalue weighted by Gasteiger charge is -2.31. The second-order valence-electron chi connectivity index (χ2n) is 5.01. The highest BCUT2D eigenvalue weighted by atomic mass is 35.5. The standard InChI is InChI=1S/C15H18ClNO3/c1-20-15(19)12-5-3-7-17(10-12)14(18)9-11-4-2-6-13(16)8-11/h2,4,6,8,12H,3,5,7,9-10H2,1H3. The predicted molar refractivity (Wildman–Crippen MR) is 76.5 cm³/mol. The van der Waals surface area contributed by atoms with Crippen LogP contribution in [-0.4, -0.2) is 37.0 Å². The van der Waals surface area contributed by atoms with Crippen LogP contribution < -0.4 is 0 Å². The van der Waals surface area contributed by atoms with E-state index in [-0.39, 0.29) is 17.8 Å². The van der Waals surface area contributed by atoms with Crippen LogP contribution in [0.4, 0.5) is 0 Å². The minimum absolute atomic E-state index is 0.0286. The van der Waals surface area contributed by atoms with E-state index in [0.717, 1.165) is 18.4 Å². The Morgan fingerprint density at radius 2 is 2.25 bits per heavy atom. The molecule has 0 radical (unpaired) electrons. The Labute approximate surface area is 123 Å². The van der Waals surface area contributed by atoms with E-state index in [1.165, 1.54) is 7.11 Å². The molecule has 1 aliphatic rings. The predicted octanol–water partition coefficient (Wildman–Crippen LogP) is 2.29. The van der Waals surface area contributed by atoms with Crippen molar-refractivity contribution in [1.29, 1.82) is 0 Å². The van der Waals surface area contributed by atoms with Gasteiger partial charge in [-0.2, -0.15) is 0 Å². The topological polar surface area (TPSA) is 46.6 Å². The number of ether oxygens (including phenoxy) is 1. The van der Waals surface area contributed by atoms with E-state index >= 15 is 0 Å². The van der Waals surface area contributed by atoms with Crippen LogP contribution in [-0.2, 0) is 20.7 Å². The minimum atomic E-state index is -0.231. The molecule has 1 unspecified atom stereocenters. The van der Waals surface area contributed by atoms with Crippen molar-refractivity contribution in [2.24, 2.45) is 5.92 Å². The molecule has 1 aromatic rings. The molecule has 20 heavy (non-hydrogen) atoms. The lowest BCUT2D eigenvalue weighted by atomic mass is 9.97. The monoisotopic (exact) mass is 295 g/mol. The number of piperidine rings is 1. The summed E-state index contributed by atoms with van der Waals surface area (Å²) in [5.74, 6) is -0.400. The Balaban J connectivity index is 1.97. The quantitative estimate of drug-likeness (QED) is 0.804. The number of amides is 1. The summed E-state index contributed by atoms with van der Waals surface area (Å²) < 4.78 is 4.76. The number of rotatable bonds is 3. The second kappa shape index (κ2) is 6.75. The van der Waals surface area contributed by atoms with Crippen LogP contribution in [0.1, 0.15) is 18.4 Å². The maximum atomic E-state index is 12.3. The summed E-state index contributed by atoms with van der Waals surface area (Å²) in [6.45, 7) is 1.15. The van der Waals surface area contributed by atoms with Gasteiger partial charge in [0.2, 0.25) is 5.91 Å². The Hall–Kier alpha value is -1.55. The normalized spacial score (nSPS) is 18.7. The van der Waals surface area contributed by atoms with Crippen molar-refractivity contribution in [3.8, 4) is 0 Å². The number of esters is 1. The van der Waals surface area contributed by atoms with Gasteiger partial charge in [0.15, 0.2) is 0 Å². The summed E-state index contributed by atoms with van der Waals surface area (Å²) in [7, 11) is 1.38. The van der Waals surface area contributed by atoms with Crippen LogP contribution in [0.5, 0.6) is 0 Å². The Bertz CT molecular complexity index is 504. The third-order valence-electron chi connectivity index (χ3n) is 3.55. The second-order valence-corrected chi connectivity index (χ2v) is 5.45. The number of nitrogens with zero attached hydrogens (tertiary/aromatic N) is 1. The molecule has 0 saturated carbocycles. The van der Waals surface area contributed by atoms with Gasteiger partial charge in [0.25, 0.3) is 0 Å². The smallest absolute Gasteiger partial charge is 0.310 e. The first-order chi connectivity index (χ1) is 9.60. The molecule has 1 fully saturated rings. The Morgan fingerprint density at radius 1 is 1.45 bits per heavy atom. The summed E-state index contributed by atoms with van der Waals surface area (Å²) in [6.07, 6.45) is 1.93. The SMILES string of the molecule is COC(=O)C1CCCN(C(=O)Cc2cccc(Cl)c2)C1. The zero-order valence-corrected chi connectivity index (χ0v) is 12.2. The molecule has 0 aliphatic carbocycles. The highest BCUT2D eigenvalue weighted by Gasteiger charge is 2.28. The molecule has 1 atom stereocenters. The highest BCUT2D eigenvalue weighted by molar-refractivity contribution is 6.30. The van der Waals surface area contributed by atoms with E-state index in [9.17, 15) is 9.59 Å². The molecular formula is C15H18ClNO3. The van der Waals surface area contributed by atoms with Crippen LogP contribution in [0.15, 0.2) is 24.3 Å². The summed E-state index contributed by atoms with van der Waals surface area (Å²) in [6, 6.07) is 7.29. The fourth-order valence-corrected chi connectivity index (χ4v) is 2.71. The van der Waals surface area contributed by atoms with Gasteiger partial charge in [-0.25, -0.2) is 0 Å². The van der Waals surface area contributed by atoms with Crippen molar-refractivity contribution in [2.45, 2.75) is 19.3 Å². The molecule has 5 heteroatoms. The number of hydrogen-bond acceptors (Lipinski definition) is 3. The third kappa shape index (κ3) is 3.73. The summed E-state index contributed by atoms with van der Waals surface area (Å²) in [4.78, 5) is 25.6. The van der Waals surface area contributed by atoms with Gasteiger partial charge in [0.05, 0.1) is 19.4 Å². The van der Waals surface area contributed by atoms with Crippen molar-refractivity contribution in [3.63, 3.8) is 0 Å². The van der Waals surface area contributed by atoms with Crippen LogP contribution in [0.3, 0.4) is 0 Å². The summed E-state index contributed by atoms with van der Waals surface area (Å²) in [5.41, 5.74) is 0.891. The van der Waals surface area contributed by atoms with E-state index in [0.29, 0.717) is 24.5 Å². The summed E-state index contributed by atoms with van der Waals surface area (Å²) in [5, 5.41) is 0.626. The number of halogens is 1. The number of hydrogen-bond donors (Lipinski definition) is 0. The number of methoxy groups -OCH3 is 1. The number of carbonyl (C=O) groups is 2. The van der Waals surface area contributed by atoms with E-state index in [2.05, 4.69) is 0 Å². The molecule has 2 rings (SSSR count). The van der Waals surface area contributed by atoms with E-state index < -0.39 is 0 Å². The van der Waals surface area contributed by atoms with Crippen molar-refractivity contribution in [1.82, 2.24) is 4.90 Å². The summed E-state index contributed by atoms with van der Waals surface area (Å²) >= 11 is 5.91. The lowest BCUT2D eigenvalue weighted by Crippen LogP contribution is -2.43. The van der Waals surface area contributed by atoms with Gasteiger partial charge >= 0.3 is 5.97 Å². The van der Waals surface area contributed by atoms with Crippen LogP contribution in [0.25, 0.3) is 0 Å². The van der Waals surface area contributed by atoms with Crippen LogP contribution in [0, 0.1) is 5.92 Å². The third-order valence-corrected chi connectivity index (χ3v) is 3.79. The average Bonchev–Trinajstić information content (AvgIpc) is 2.46. The first-order valence-electron chi connectivity index (χ1n) is 6.70. The fraction of sp³-hybridized carbons (Fsp3) is 0.467. The molecule has 108 valence electrons. The molecule has 0 bridgehead atoms. The molecular weight excluding hydrogens is 278 g/mol. The first-order valence-corrected chi connectivity index (χ1v) is 7.08. The van der Waals surface area contributed by atoms with Crippen molar-refractivity contribution >= 4 is 23.5 Å². The molecule has 0 aromatic heterocycles. The van der Waals surface area contributed by atoms with Gasteiger partial charge in [-0.05, 0) is 30.5 Å².